The number of hydrogen-bond donors (Lipinski definition) is 1. The summed E-state index contributed by atoms with van der Waals surface area (Å²) in [6.07, 6.45) is 3.04. The number of halogens is 3. The molecule has 0 radical (unpaired) electrons. The SMILES string of the molecule is Cn1cc(-n2ncc3cc(N4C(=O)C[C@@H](NC(=O)C(C)(F)F)[C@@H]4c4ccc(F)cc4)ccc32)ccc1=O. The molecule has 8 nitrogen and oxygen atoms in total. The van der Waals surface area contributed by atoms with E-state index in [0.717, 1.165) is 0 Å². The largest absolute Gasteiger partial charge is 0.345 e. The van der Waals surface area contributed by atoms with Gasteiger partial charge in [-0.2, -0.15) is 13.9 Å². The lowest BCUT2D eigenvalue weighted by atomic mass is 9.99. The minimum atomic E-state index is -3.63. The number of nitrogens with zero attached hydrogens (tertiary/aromatic N) is 4. The van der Waals surface area contributed by atoms with Gasteiger partial charge < -0.3 is 14.8 Å². The molecule has 1 saturated heterocycles. The summed E-state index contributed by atoms with van der Waals surface area (Å²) in [6, 6.07) is 11.8. The number of pyridine rings is 1. The molecule has 1 aliphatic rings. The fourth-order valence-electron chi connectivity index (χ4n) is 4.58. The average Bonchev–Trinajstić information content (AvgIpc) is 3.41. The lowest BCUT2D eigenvalue weighted by Gasteiger charge is -2.29. The number of anilines is 1. The lowest BCUT2D eigenvalue weighted by molar-refractivity contribution is -0.143. The van der Waals surface area contributed by atoms with Gasteiger partial charge in [0.15, 0.2) is 0 Å². The topological polar surface area (TPSA) is 89.2 Å². The minimum absolute atomic E-state index is 0.163. The molecular formula is C26H22F3N5O3. The van der Waals surface area contributed by atoms with Crippen LogP contribution in [-0.2, 0) is 16.6 Å². The number of hydrogen-bond acceptors (Lipinski definition) is 4. The fourth-order valence-corrected chi connectivity index (χ4v) is 4.58. The van der Waals surface area contributed by atoms with Gasteiger partial charge in [-0.25, -0.2) is 9.07 Å². The zero-order valence-electron chi connectivity index (χ0n) is 19.9. The Hall–Kier alpha value is -4.41. The Kier molecular flexibility index (Phi) is 5.85. The van der Waals surface area contributed by atoms with Crippen molar-refractivity contribution < 1.29 is 22.8 Å². The van der Waals surface area contributed by atoms with E-state index in [4.69, 9.17) is 0 Å². The monoisotopic (exact) mass is 509 g/mol. The van der Waals surface area contributed by atoms with E-state index in [9.17, 15) is 27.6 Å². The minimum Gasteiger partial charge on any atom is -0.345 e. The number of nitrogens with one attached hydrogen (secondary N) is 1. The van der Waals surface area contributed by atoms with Crippen molar-refractivity contribution >= 4 is 28.4 Å². The Morgan fingerprint density at radius 2 is 1.76 bits per heavy atom. The predicted molar refractivity (Wildman–Crippen MR) is 130 cm³/mol. The maximum atomic E-state index is 13.6. The van der Waals surface area contributed by atoms with Gasteiger partial charge in [0, 0.05) is 43.7 Å². The summed E-state index contributed by atoms with van der Waals surface area (Å²) in [5, 5.41) is 7.39. The van der Waals surface area contributed by atoms with Crippen LogP contribution in [-0.4, -0.2) is 38.1 Å². The van der Waals surface area contributed by atoms with Crippen LogP contribution in [0.4, 0.5) is 18.9 Å². The highest BCUT2D eigenvalue weighted by Gasteiger charge is 2.45. The summed E-state index contributed by atoms with van der Waals surface area (Å²) in [5.74, 6) is -6.00. The number of fused-ring (bicyclic) bond motifs is 1. The maximum absolute atomic E-state index is 13.6. The lowest BCUT2D eigenvalue weighted by Crippen LogP contribution is -2.46. The van der Waals surface area contributed by atoms with Crippen LogP contribution in [0.3, 0.4) is 0 Å². The molecule has 2 aromatic heterocycles. The molecule has 0 saturated carbocycles. The van der Waals surface area contributed by atoms with Crippen LogP contribution in [0.2, 0.25) is 0 Å². The molecule has 4 aromatic rings. The highest BCUT2D eigenvalue weighted by atomic mass is 19.3. The molecule has 3 heterocycles. The molecule has 0 aliphatic carbocycles. The van der Waals surface area contributed by atoms with E-state index in [1.165, 1.54) is 39.8 Å². The molecule has 2 atom stereocenters. The number of carbonyl (C=O) groups excluding carboxylic acids is 2. The van der Waals surface area contributed by atoms with Gasteiger partial charge in [-0.1, -0.05) is 12.1 Å². The molecule has 2 amide bonds. The van der Waals surface area contributed by atoms with Crippen molar-refractivity contribution in [2.75, 3.05) is 4.90 Å². The number of aryl methyl sites for hydroxylation is 1. The Morgan fingerprint density at radius 3 is 2.43 bits per heavy atom. The van der Waals surface area contributed by atoms with Gasteiger partial charge >= 0.3 is 5.92 Å². The summed E-state index contributed by atoms with van der Waals surface area (Å²) in [6.45, 7) is 0.486. The molecule has 1 aliphatic heterocycles. The zero-order valence-corrected chi connectivity index (χ0v) is 19.9. The van der Waals surface area contributed by atoms with Crippen LogP contribution >= 0.6 is 0 Å². The van der Waals surface area contributed by atoms with Gasteiger partial charge in [0.05, 0.1) is 29.5 Å². The molecule has 0 spiro atoms. The first kappa shape index (κ1) is 24.3. The standard InChI is InChI=1S/C26H22F3N5O3/c1-26(28,29)25(37)31-20-12-23(36)33(24(20)15-3-5-17(27)6-4-15)18-7-9-21-16(11-18)13-30-34(21)19-8-10-22(35)32(2)14-19/h3-11,13-14,20,24H,12H2,1-2H3,(H,31,37)/t20-,24+/m1/s1. The molecule has 1 fully saturated rings. The summed E-state index contributed by atoms with van der Waals surface area (Å²) in [5.41, 5.74) is 2.16. The van der Waals surface area contributed by atoms with Crippen molar-refractivity contribution in [2.24, 2.45) is 7.05 Å². The Balaban J connectivity index is 1.55. The quantitative estimate of drug-likeness (QED) is 0.446. The maximum Gasteiger partial charge on any atom is 0.321 e. The van der Waals surface area contributed by atoms with E-state index >= 15 is 0 Å². The fraction of sp³-hybridized carbons (Fsp3) is 0.231. The van der Waals surface area contributed by atoms with E-state index in [-0.39, 0.29) is 17.9 Å². The first-order valence-electron chi connectivity index (χ1n) is 11.4. The van der Waals surface area contributed by atoms with Gasteiger partial charge in [-0.05, 0) is 42.0 Å². The highest BCUT2D eigenvalue weighted by molar-refractivity contribution is 6.00. The van der Waals surface area contributed by atoms with Gasteiger partial charge in [-0.3, -0.25) is 14.4 Å². The molecule has 0 bridgehead atoms. The Bertz CT molecular complexity index is 1570. The van der Waals surface area contributed by atoms with Gasteiger partial charge in [0.2, 0.25) is 11.5 Å². The predicted octanol–water partition coefficient (Wildman–Crippen LogP) is 3.48. The second kappa shape index (κ2) is 8.91. The molecular weight excluding hydrogens is 487 g/mol. The smallest absolute Gasteiger partial charge is 0.321 e. The van der Waals surface area contributed by atoms with E-state index < -0.39 is 29.7 Å². The summed E-state index contributed by atoms with van der Waals surface area (Å²) in [4.78, 5) is 38.4. The molecule has 37 heavy (non-hydrogen) atoms. The second-order valence-corrected chi connectivity index (χ2v) is 9.07. The summed E-state index contributed by atoms with van der Waals surface area (Å²) in [7, 11) is 1.63. The number of benzene rings is 2. The van der Waals surface area contributed by atoms with E-state index in [0.29, 0.717) is 34.8 Å². The summed E-state index contributed by atoms with van der Waals surface area (Å²) >= 11 is 0. The number of carbonyl (C=O) groups is 2. The second-order valence-electron chi connectivity index (χ2n) is 9.07. The van der Waals surface area contributed by atoms with Crippen molar-refractivity contribution in [3.8, 4) is 5.69 Å². The molecule has 1 N–H and O–H groups in total. The molecule has 11 heteroatoms. The van der Waals surface area contributed by atoms with Gasteiger partial charge in [0.25, 0.3) is 5.91 Å². The molecule has 190 valence electrons. The van der Waals surface area contributed by atoms with E-state index in [1.54, 1.807) is 48.4 Å². The molecule has 5 rings (SSSR count). The number of rotatable bonds is 5. The first-order chi connectivity index (χ1) is 17.5. The highest BCUT2D eigenvalue weighted by Crippen LogP contribution is 2.39. The normalized spacial score (nSPS) is 18.0. The number of amides is 2. The van der Waals surface area contributed by atoms with Gasteiger partial charge in [0.1, 0.15) is 5.82 Å². The van der Waals surface area contributed by atoms with Crippen LogP contribution in [0, 0.1) is 5.82 Å². The van der Waals surface area contributed by atoms with Crippen molar-refractivity contribution in [2.45, 2.75) is 31.4 Å². The molecule has 2 aromatic carbocycles. The van der Waals surface area contributed by atoms with E-state index in [2.05, 4.69) is 10.4 Å². The first-order valence-corrected chi connectivity index (χ1v) is 11.4. The third-order valence-electron chi connectivity index (χ3n) is 6.39. The zero-order chi connectivity index (χ0) is 26.5. The Morgan fingerprint density at radius 1 is 1.05 bits per heavy atom. The van der Waals surface area contributed by atoms with Gasteiger partial charge in [-0.15, -0.1) is 0 Å². The van der Waals surface area contributed by atoms with E-state index in [1.807, 2.05) is 0 Å². The average molecular weight is 509 g/mol. The third kappa shape index (κ3) is 4.48. The van der Waals surface area contributed by atoms with Crippen LogP contribution in [0.5, 0.6) is 0 Å². The third-order valence-corrected chi connectivity index (χ3v) is 6.39. The van der Waals surface area contributed by atoms with Crippen LogP contribution in [0.25, 0.3) is 16.6 Å². The van der Waals surface area contributed by atoms with Crippen molar-refractivity contribution in [3.05, 3.63) is 88.7 Å². The van der Waals surface area contributed by atoms with Crippen LogP contribution < -0.4 is 15.8 Å². The van der Waals surface area contributed by atoms with Crippen molar-refractivity contribution in [1.82, 2.24) is 19.7 Å². The van der Waals surface area contributed by atoms with Crippen LogP contribution in [0.15, 0.2) is 71.8 Å². The van der Waals surface area contributed by atoms with Crippen molar-refractivity contribution in [3.63, 3.8) is 0 Å². The van der Waals surface area contributed by atoms with Crippen molar-refractivity contribution in [1.29, 1.82) is 0 Å². The Labute approximate surface area is 208 Å². The number of alkyl halides is 2. The molecule has 0 unspecified atom stereocenters. The van der Waals surface area contributed by atoms with Crippen LogP contribution in [0.1, 0.15) is 24.9 Å². The summed E-state index contributed by atoms with van der Waals surface area (Å²) < 4.78 is 44.0. The number of aromatic nitrogens is 3.